The van der Waals surface area contributed by atoms with Gasteiger partial charge in [-0.3, -0.25) is 0 Å². The van der Waals surface area contributed by atoms with E-state index in [9.17, 15) is 0 Å². The fourth-order valence-corrected chi connectivity index (χ4v) is 0.492. The van der Waals surface area contributed by atoms with Gasteiger partial charge in [0.25, 0.3) is 0 Å². The third-order valence-electron chi connectivity index (χ3n) is 0.489. The van der Waals surface area contributed by atoms with E-state index in [2.05, 4.69) is 26.2 Å². The Labute approximate surface area is 44.1 Å². The number of hydrogen-bond acceptors (Lipinski definition) is 2. The molecule has 0 saturated carbocycles. The summed E-state index contributed by atoms with van der Waals surface area (Å²) in [4.78, 5) is 0.137. The van der Waals surface area contributed by atoms with Crippen LogP contribution in [0.25, 0.3) is 0 Å². The summed E-state index contributed by atoms with van der Waals surface area (Å²) in [5, 5.41) is 7.23. The van der Waals surface area contributed by atoms with Gasteiger partial charge in [-0.1, -0.05) is 15.9 Å². The zero-order valence-corrected chi connectivity index (χ0v) is 4.59. The lowest BCUT2D eigenvalue weighted by Crippen LogP contribution is -1.74. The Kier molecular flexibility index (Phi) is 1.01. The summed E-state index contributed by atoms with van der Waals surface area (Å²) >= 11 is 3.19. The van der Waals surface area contributed by atoms with Crippen LogP contribution in [0.15, 0.2) is 22.5 Å². The molecule has 1 heterocycles. The minimum Gasteiger partial charge on any atom is -0.170 e. The second kappa shape index (κ2) is 1.51. The molecule has 0 aromatic carbocycles. The van der Waals surface area contributed by atoms with Crippen molar-refractivity contribution in [2.24, 2.45) is 10.2 Å². The summed E-state index contributed by atoms with van der Waals surface area (Å²) in [5.74, 6) is 0. The molecule has 32 valence electrons. The summed E-state index contributed by atoms with van der Waals surface area (Å²) in [6.07, 6.45) is 3.53. The minimum atomic E-state index is 0.137. The smallest absolute Gasteiger partial charge is 0.146 e. The van der Waals surface area contributed by atoms with Gasteiger partial charge in [0.15, 0.2) is 0 Å². The first-order chi connectivity index (χ1) is 2.89. The molecule has 0 spiro atoms. The molecule has 0 aromatic heterocycles. The van der Waals surface area contributed by atoms with E-state index < -0.39 is 0 Å². The van der Waals surface area contributed by atoms with E-state index in [1.165, 1.54) is 0 Å². The molecule has 0 amide bonds. The van der Waals surface area contributed by atoms with Crippen LogP contribution >= 0.6 is 15.9 Å². The van der Waals surface area contributed by atoms with Crippen molar-refractivity contribution in [3.8, 4) is 0 Å². The van der Waals surface area contributed by atoms with Crippen molar-refractivity contribution in [1.82, 2.24) is 0 Å². The van der Waals surface area contributed by atoms with Crippen molar-refractivity contribution >= 4 is 15.9 Å². The van der Waals surface area contributed by atoms with Crippen LogP contribution in [-0.4, -0.2) is 4.95 Å². The van der Waals surface area contributed by atoms with Crippen molar-refractivity contribution in [2.45, 2.75) is 4.95 Å². The second-order valence-electron chi connectivity index (χ2n) is 0.945. The van der Waals surface area contributed by atoms with Gasteiger partial charge in [0.05, 0.1) is 0 Å². The molecule has 1 aliphatic heterocycles. The molecule has 1 aliphatic rings. The molecule has 2 nitrogen and oxygen atoms in total. The van der Waals surface area contributed by atoms with E-state index in [1.54, 1.807) is 6.20 Å². The van der Waals surface area contributed by atoms with Gasteiger partial charge < -0.3 is 0 Å². The number of azo groups is 1. The Bertz CT molecular complexity index is 85.0. The van der Waals surface area contributed by atoms with Crippen LogP contribution in [-0.2, 0) is 0 Å². The highest BCUT2D eigenvalue weighted by atomic mass is 79.9. The third kappa shape index (κ3) is 0.653. The number of alkyl halides is 1. The standard InChI is InChI=1S/C3H3BrN2/c4-3-1-2-5-6-3/h1-3H. The van der Waals surface area contributed by atoms with Crippen LogP contribution in [0.5, 0.6) is 0 Å². The van der Waals surface area contributed by atoms with Gasteiger partial charge >= 0.3 is 0 Å². The predicted octanol–water partition coefficient (Wildman–Crippen LogP) is 1.69. The summed E-state index contributed by atoms with van der Waals surface area (Å²) in [7, 11) is 0. The molecule has 1 atom stereocenters. The Balaban J connectivity index is 2.60. The molecule has 0 aromatic rings. The molecule has 0 bridgehead atoms. The molecular weight excluding hydrogens is 144 g/mol. The van der Waals surface area contributed by atoms with Crippen LogP contribution in [0.3, 0.4) is 0 Å². The number of nitrogens with zero attached hydrogens (tertiary/aromatic N) is 2. The topological polar surface area (TPSA) is 24.7 Å². The van der Waals surface area contributed by atoms with Crippen molar-refractivity contribution in [3.63, 3.8) is 0 Å². The molecule has 0 aliphatic carbocycles. The van der Waals surface area contributed by atoms with Gasteiger partial charge in [-0.15, -0.1) is 0 Å². The van der Waals surface area contributed by atoms with Crippen molar-refractivity contribution < 1.29 is 0 Å². The first-order valence-electron chi connectivity index (χ1n) is 1.60. The first kappa shape index (κ1) is 3.99. The Hall–Kier alpha value is -0.180. The third-order valence-corrected chi connectivity index (χ3v) is 0.977. The first-order valence-corrected chi connectivity index (χ1v) is 2.52. The summed E-state index contributed by atoms with van der Waals surface area (Å²) < 4.78 is 0. The van der Waals surface area contributed by atoms with Gasteiger partial charge in [-0.2, -0.15) is 10.2 Å². The molecule has 0 saturated heterocycles. The zero-order chi connectivity index (χ0) is 4.41. The SMILES string of the molecule is BrC1C=CN=N1. The van der Waals surface area contributed by atoms with Crippen molar-refractivity contribution in [3.05, 3.63) is 12.3 Å². The summed E-state index contributed by atoms with van der Waals surface area (Å²) in [5.41, 5.74) is 0. The van der Waals surface area contributed by atoms with Crippen LogP contribution in [0.4, 0.5) is 0 Å². The lowest BCUT2D eigenvalue weighted by Gasteiger charge is -1.78. The maximum Gasteiger partial charge on any atom is 0.146 e. The molecule has 0 N–H and O–H groups in total. The van der Waals surface area contributed by atoms with Gasteiger partial charge in [-0.05, 0) is 6.08 Å². The lowest BCUT2D eigenvalue weighted by molar-refractivity contribution is 1.09. The minimum absolute atomic E-state index is 0.137. The fraction of sp³-hybridized carbons (Fsp3) is 0.333. The van der Waals surface area contributed by atoms with E-state index in [0.717, 1.165) is 0 Å². The normalized spacial score (nSPS) is 29.2. The predicted molar refractivity (Wildman–Crippen MR) is 26.7 cm³/mol. The average molecular weight is 147 g/mol. The van der Waals surface area contributed by atoms with E-state index in [1.807, 2.05) is 6.08 Å². The molecule has 1 rings (SSSR count). The maximum absolute atomic E-state index is 3.67. The highest BCUT2D eigenvalue weighted by Crippen LogP contribution is 2.08. The van der Waals surface area contributed by atoms with Crippen LogP contribution in [0, 0.1) is 0 Å². The summed E-state index contributed by atoms with van der Waals surface area (Å²) in [6.45, 7) is 0. The molecule has 6 heavy (non-hydrogen) atoms. The largest absolute Gasteiger partial charge is 0.170 e. The van der Waals surface area contributed by atoms with Gasteiger partial charge in [-0.25, -0.2) is 0 Å². The maximum atomic E-state index is 3.67. The van der Waals surface area contributed by atoms with E-state index in [4.69, 9.17) is 0 Å². The Morgan fingerprint density at radius 3 is 2.67 bits per heavy atom. The Morgan fingerprint density at radius 1 is 1.67 bits per heavy atom. The molecule has 1 unspecified atom stereocenters. The second-order valence-corrected chi connectivity index (χ2v) is 1.88. The van der Waals surface area contributed by atoms with Crippen LogP contribution in [0.2, 0.25) is 0 Å². The highest BCUT2D eigenvalue weighted by molar-refractivity contribution is 9.09. The number of halogens is 1. The molecular formula is C3H3BrN2. The number of hydrogen-bond donors (Lipinski definition) is 0. The fourth-order valence-electron chi connectivity index (χ4n) is 0.250. The monoisotopic (exact) mass is 146 g/mol. The average Bonchev–Trinajstić information content (AvgIpc) is 1.86. The van der Waals surface area contributed by atoms with E-state index >= 15 is 0 Å². The molecule has 3 heteroatoms. The number of rotatable bonds is 0. The van der Waals surface area contributed by atoms with Gasteiger partial charge in [0, 0.05) is 6.20 Å². The summed E-state index contributed by atoms with van der Waals surface area (Å²) in [6, 6.07) is 0. The van der Waals surface area contributed by atoms with Crippen LogP contribution < -0.4 is 0 Å². The Morgan fingerprint density at radius 2 is 2.50 bits per heavy atom. The molecule has 0 radical (unpaired) electrons. The molecule has 0 fully saturated rings. The van der Waals surface area contributed by atoms with E-state index in [0.29, 0.717) is 0 Å². The quantitative estimate of drug-likeness (QED) is 0.368. The van der Waals surface area contributed by atoms with Gasteiger partial charge in [0.1, 0.15) is 4.95 Å². The van der Waals surface area contributed by atoms with Crippen LogP contribution in [0.1, 0.15) is 0 Å². The lowest BCUT2D eigenvalue weighted by atomic mass is 10.6. The van der Waals surface area contributed by atoms with Gasteiger partial charge in [0.2, 0.25) is 0 Å². The van der Waals surface area contributed by atoms with E-state index in [-0.39, 0.29) is 4.95 Å². The van der Waals surface area contributed by atoms with Crippen molar-refractivity contribution in [1.29, 1.82) is 0 Å². The highest BCUT2D eigenvalue weighted by Gasteiger charge is 1.95. The zero-order valence-electron chi connectivity index (χ0n) is 3.00. The van der Waals surface area contributed by atoms with Crippen molar-refractivity contribution in [2.75, 3.05) is 0 Å².